The van der Waals surface area contributed by atoms with Gasteiger partial charge in [0.15, 0.2) is 0 Å². The monoisotopic (exact) mass is 377 g/mol. The van der Waals surface area contributed by atoms with Crippen LogP contribution < -0.4 is 10.1 Å². The predicted molar refractivity (Wildman–Crippen MR) is 79.8 cm³/mol. The van der Waals surface area contributed by atoms with Gasteiger partial charge in [0.1, 0.15) is 9.67 Å². The summed E-state index contributed by atoms with van der Waals surface area (Å²) in [6.07, 6.45) is 0. The second-order valence-corrected chi connectivity index (χ2v) is 5.13. The van der Waals surface area contributed by atoms with Crippen LogP contribution >= 0.6 is 22.6 Å². The van der Waals surface area contributed by atoms with Gasteiger partial charge >= 0.3 is 5.97 Å². The molecule has 19 heavy (non-hydrogen) atoms. The van der Waals surface area contributed by atoms with Crippen LogP contribution in [-0.2, 0) is 9.53 Å². The van der Waals surface area contributed by atoms with E-state index in [4.69, 9.17) is 4.74 Å². The molecule has 0 aliphatic rings. The van der Waals surface area contributed by atoms with Crippen LogP contribution in [0.3, 0.4) is 0 Å². The molecule has 0 aliphatic heterocycles. The number of alkyl halides is 1. The number of hydrogen-bond donors (Lipinski definition) is 1. The molecule has 0 saturated heterocycles. The molecule has 6 heteroatoms. The van der Waals surface area contributed by atoms with Crippen LogP contribution in [0.25, 0.3) is 0 Å². The van der Waals surface area contributed by atoms with Crippen molar-refractivity contribution in [3.63, 3.8) is 0 Å². The van der Waals surface area contributed by atoms with Crippen molar-refractivity contribution in [3.05, 3.63) is 29.8 Å². The first kappa shape index (κ1) is 15.7. The molecule has 1 atom stereocenters. The zero-order valence-electron chi connectivity index (χ0n) is 10.8. The van der Waals surface area contributed by atoms with Gasteiger partial charge in [0.25, 0.3) is 5.91 Å². The minimum absolute atomic E-state index is 0.215. The van der Waals surface area contributed by atoms with Crippen molar-refractivity contribution >= 4 is 34.5 Å². The first-order valence-electron chi connectivity index (χ1n) is 5.82. The Balaban J connectivity index is 2.65. The number of rotatable bonds is 6. The summed E-state index contributed by atoms with van der Waals surface area (Å²) in [6, 6.07) is 6.98. The van der Waals surface area contributed by atoms with Gasteiger partial charge in [-0.1, -0.05) is 34.7 Å². The molecular weight excluding hydrogens is 361 g/mol. The molecule has 1 unspecified atom stereocenters. The average Bonchev–Trinajstić information content (AvgIpc) is 2.44. The lowest BCUT2D eigenvalue weighted by Gasteiger charge is -2.12. The number of para-hydroxylation sites is 1. The summed E-state index contributed by atoms with van der Waals surface area (Å²) >= 11 is 1.93. The fourth-order valence-electron chi connectivity index (χ4n) is 1.42. The highest BCUT2D eigenvalue weighted by Crippen LogP contribution is 2.17. The van der Waals surface area contributed by atoms with E-state index in [0.29, 0.717) is 17.9 Å². The molecule has 0 aromatic heterocycles. The number of nitrogens with one attached hydrogen (secondary N) is 1. The number of methoxy groups -OCH3 is 1. The largest absolute Gasteiger partial charge is 0.493 e. The Hall–Kier alpha value is -1.31. The van der Waals surface area contributed by atoms with Gasteiger partial charge in [-0.25, -0.2) is 0 Å². The molecule has 5 nitrogen and oxygen atoms in total. The normalized spacial score (nSPS) is 11.5. The Morgan fingerprint density at radius 3 is 2.68 bits per heavy atom. The fraction of sp³-hybridized carbons (Fsp3) is 0.385. The molecule has 1 aromatic rings. The molecule has 0 radical (unpaired) electrons. The van der Waals surface area contributed by atoms with Crippen molar-refractivity contribution in [2.24, 2.45) is 0 Å². The van der Waals surface area contributed by atoms with Crippen molar-refractivity contribution in [1.29, 1.82) is 0 Å². The second-order valence-electron chi connectivity index (χ2n) is 3.63. The highest BCUT2D eigenvalue weighted by molar-refractivity contribution is 14.1. The van der Waals surface area contributed by atoms with Crippen LogP contribution in [0.2, 0.25) is 0 Å². The number of ether oxygens (including phenoxy) is 2. The molecular formula is C13H16INO4. The third-order valence-corrected chi connectivity index (χ3v) is 3.28. The SMILES string of the molecule is CCOc1ccccc1C(=O)NCC(I)C(=O)OC. The second kappa shape index (κ2) is 7.98. The zero-order chi connectivity index (χ0) is 14.3. The molecule has 104 valence electrons. The van der Waals surface area contributed by atoms with Crippen LogP contribution in [0, 0.1) is 0 Å². The minimum atomic E-state index is -0.411. The van der Waals surface area contributed by atoms with Crippen LogP contribution in [0.5, 0.6) is 5.75 Å². The molecule has 0 heterocycles. The van der Waals surface area contributed by atoms with Gasteiger partial charge in [-0.3, -0.25) is 9.59 Å². The molecule has 0 saturated carbocycles. The van der Waals surface area contributed by atoms with Crippen molar-refractivity contribution in [2.45, 2.75) is 10.8 Å². The number of esters is 1. The van der Waals surface area contributed by atoms with Crippen LogP contribution in [0.4, 0.5) is 0 Å². The minimum Gasteiger partial charge on any atom is -0.493 e. The topological polar surface area (TPSA) is 64.6 Å². The lowest BCUT2D eigenvalue weighted by Crippen LogP contribution is -2.34. The number of hydrogen-bond acceptors (Lipinski definition) is 4. The molecule has 1 N–H and O–H groups in total. The highest BCUT2D eigenvalue weighted by atomic mass is 127. The Morgan fingerprint density at radius 2 is 2.05 bits per heavy atom. The summed E-state index contributed by atoms with van der Waals surface area (Å²) in [5.74, 6) is -0.0980. The molecule has 0 spiro atoms. The quantitative estimate of drug-likeness (QED) is 0.467. The van der Waals surface area contributed by atoms with Gasteiger partial charge in [-0.15, -0.1) is 0 Å². The van der Waals surface area contributed by atoms with Gasteiger partial charge in [-0.2, -0.15) is 0 Å². The summed E-state index contributed by atoms with van der Waals surface area (Å²) in [5, 5.41) is 2.69. The van der Waals surface area contributed by atoms with Crippen LogP contribution in [0.15, 0.2) is 24.3 Å². The van der Waals surface area contributed by atoms with E-state index in [-0.39, 0.29) is 18.4 Å². The number of halogens is 1. The zero-order valence-corrected chi connectivity index (χ0v) is 13.0. The van der Waals surface area contributed by atoms with Crippen LogP contribution in [0.1, 0.15) is 17.3 Å². The lowest BCUT2D eigenvalue weighted by atomic mass is 10.2. The molecule has 0 aliphatic carbocycles. The average molecular weight is 377 g/mol. The molecule has 0 bridgehead atoms. The first-order valence-corrected chi connectivity index (χ1v) is 7.06. The van der Waals surface area contributed by atoms with Crippen molar-refractivity contribution in [2.75, 3.05) is 20.3 Å². The maximum absolute atomic E-state index is 12.0. The maximum Gasteiger partial charge on any atom is 0.320 e. The van der Waals surface area contributed by atoms with E-state index in [1.807, 2.05) is 29.5 Å². The molecule has 1 aromatic carbocycles. The Labute approximate surface area is 125 Å². The summed E-state index contributed by atoms with van der Waals surface area (Å²) in [7, 11) is 1.32. The molecule has 1 rings (SSSR count). The summed E-state index contributed by atoms with van der Waals surface area (Å²) in [4.78, 5) is 23.2. The maximum atomic E-state index is 12.0. The third-order valence-electron chi connectivity index (χ3n) is 2.33. The first-order chi connectivity index (χ1) is 9.10. The standard InChI is InChI=1S/C13H16INO4/c1-3-19-11-7-5-4-6-9(11)12(16)15-8-10(14)13(17)18-2/h4-7,10H,3,8H2,1-2H3,(H,15,16). The number of carbonyl (C=O) groups is 2. The van der Waals surface area contributed by atoms with Crippen LogP contribution in [-0.4, -0.2) is 36.1 Å². The number of amides is 1. The van der Waals surface area contributed by atoms with E-state index < -0.39 is 3.92 Å². The summed E-state index contributed by atoms with van der Waals surface area (Å²) in [6.45, 7) is 2.56. The number of benzene rings is 1. The molecule has 0 fully saturated rings. The van der Waals surface area contributed by atoms with Crippen molar-refractivity contribution in [3.8, 4) is 5.75 Å². The Bertz CT molecular complexity index is 450. The van der Waals surface area contributed by atoms with E-state index in [2.05, 4.69) is 10.1 Å². The van der Waals surface area contributed by atoms with Gasteiger partial charge in [-0.05, 0) is 19.1 Å². The Morgan fingerprint density at radius 1 is 1.37 bits per heavy atom. The van der Waals surface area contributed by atoms with E-state index in [9.17, 15) is 9.59 Å². The van der Waals surface area contributed by atoms with Crippen molar-refractivity contribution < 1.29 is 19.1 Å². The van der Waals surface area contributed by atoms with E-state index >= 15 is 0 Å². The van der Waals surface area contributed by atoms with Gasteiger partial charge in [0.05, 0.1) is 19.3 Å². The van der Waals surface area contributed by atoms with Gasteiger partial charge in [0, 0.05) is 6.54 Å². The van der Waals surface area contributed by atoms with Gasteiger partial charge in [0.2, 0.25) is 0 Å². The Kier molecular flexibility index (Phi) is 6.61. The summed E-state index contributed by atoms with van der Waals surface area (Å²) < 4.78 is 9.56. The fourth-order valence-corrected chi connectivity index (χ4v) is 1.90. The third kappa shape index (κ3) is 4.70. The van der Waals surface area contributed by atoms with E-state index in [1.165, 1.54) is 7.11 Å². The number of carbonyl (C=O) groups excluding carboxylic acids is 2. The summed E-state index contributed by atoms with van der Waals surface area (Å²) in [5.41, 5.74) is 0.456. The predicted octanol–water partition coefficient (Wildman–Crippen LogP) is 1.79. The lowest BCUT2D eigenvalue weighted by molar-refractivity contribution is -0.139. The van der Waals surface area contributed by atoms with E-state index in [1.54, 1.807) is 24.3 Å². The molecule has 1 amide bonds. The van der Waals surface area contributed by atoms with Gasteiger partial charge < -0.3 is 14.8 Å². The highest BCUT2D eigenvalue weighted by Gasteiger charge is 2.18. The van der Waals surface area contributed by atoms with Crippen molar-refractivity contribution in [1.82, 2.24) is 5.32 Å². The smallest absolute Gasteiger partial charge is 0.320 e. The van der Waals surface area contributed by atoms with E-state index in [0.717, 1.165) is 0 Å².